The summed E-state index contributed by atoms with van der Waals surface area (Å²) in [5, 5.41) is 0. The van der Waals surface area contributed by atoms with Gasteiger partial charge >= 0.3 is 0 Å². The Morgan fingerprint density at radius 1 is 1.31 bits per heavy atom. The zero-order chi connectivity index (χ0) is 12.0. The SMILES string of the molecule is O=Cc1ccccc1OCCCS(=O)(=O)O. The van der Waals surface area contributed by atoms with E-state index in [1.807, 2.05) is 0 Å². The van der Waals surface area contributed by atoms with Gasteiger partial charge in [0.25, 0.3) is 10.1 Å². The lowest BCUT2D eigenvalue weighted by Gasteiger charge is -2.06. The van der Waals surface area contributed by atoms with Gasteiger partial charge in [0.15, 0.2) is 6.29 Å². The van der Waals surface area contributed by atoms with E-state index in [0.29, 0.717) is 17.6 Å². The average molecular weight is 244 g/mol. The van der Waals surface area contributed by atoms with Crippen LogP contribution in [-0.2, 0) is 10.1 Å². The standard InChI is InChI=1S/C10H12O5S/c11-8-9-4-1-2-5-10(9)15-6-3-7-16(12,13)14/h1-2,4-5,8H,3,6-7H2,(H,12,13,14). The minimum atomic E-state index is -3.94. The number of benzene rings is 1. The first-order valence-electron chi connectivity index (χ1n) is 4.65. The molecule has 0 aliphatic heterocycles. The summed E-state index contributed by atoms with van der Waals surface area (Å²) in [4.78, 5) is 10.6. The van der Waals surface area contributed by atoms with Crippen LogP contribution in [0.3, 0.4) is 0 Å². The number of aldehydes is 1. The molecule has 1 N–H and O–H groups in total. The number of para-hydroxylation sites is 1. The molecule has 1 aromatic carbocycles. The Morgan fingerprint density at radius 2 is 2.00 bits per heavy atom. The van der Waals surface area contributed by atoms with Crippen LogP contribution in [0.5, 0.6) is 5.75 Å². The molecule has 0 unspecified atom stereocenters. The summed E-state index contributed by atoms with van der Waals surface area (Å²) in [5.41, 5.74) is 0.411. The molecule has 0 fully saturated rings. The van der Waals surface area contributed by atoms with E-state index in [0.717, 1.165) is 0 Å². The van der Waals surface area contributed by atoms with Crippen molar-refractivity contribution < 1.29 is 22.5 Å². The Bertz CT molecular complexity index is 452. The van der Waals surface area contributed by atoms with Gasteiger partial charge in [-0.25, -0.2) is 0 Å². The van der Waals surface area contributed by atoms with E-state index in [1.165, 1.54) is 0 Å². The van der Waals surface area contributed by atoms with Gasteiger partial charge < -0.3 is 4.74 Å². The van der Waals surface area contributed by atoms with Gasteiger partial charge in [0.1, 0.15) is 5.75 Å². The Morgan fingerprint density at radius 3 is 2.62 bits per heavy atom. The van der Waals surface area contributed by atoms with Crippen LogP contribution in [0.1, 0.15) is 16.8 Å². The summed E-state index contributed by atoms with van der Waals surface area (Å²) < 4.78 is 34.5. The molecule has 0 spiro atoms. The monoisotopic (exact) mass is 244 g/mol. The summed E-state index contributed by atoms with van der Waals surface area (Å²) in [6, 6.07) is 6.64. The van der Waals surface area contributed by atoms with Crippen LogP contribution in [0.2, 0.25) is 0 Å². The summed E-state index contributed by atoms with van der Waals surface area (Å²) in [6.45, 7) is 0.130. The molecule has 5 nitrogen and oxygen atoms in total. The van der Waals surface area contributed by atoms with E-state index >= 15 is 0 Å². The second kappa shape index (κ2) is 5.62. The molecule has 0 atom stereocenters. The van der Waals surface area contributed by atoms with Crippen molar-refractivity contribution in [1.29, 1.82) is 0 Å². The largest absolute Gasteiger partial charge is 0.493 e. The average Bonchev–Trinajstić information content (AvgIpc) is 2.23. The molecule has 1 rings (SSSR count). The van der Waals surface area contributed by atoms with E-state index in [-0.39, 0.29) is 18.8 Å². The highest BCUT2D eigenvalue weighted by molar-refractivity contribution is 7.85. The van der Waals surface area contributed by atoms with Gasteiger partial charge in [-0.3, -0.25) is 9.35 Å². The third-order valence-corrected chi connectivity index (χ3v) is 2.65. The molecule has 0 saturated heterocycles. The van der Waals surface area contributed by atoms with Crippen LogP contribution in [0.25, 0.3) is 0 Å². The van der Waals surface area contributed by atoms with E-state index < -0.39 is 10.1 Å². The highest BCUT2D eigenvalue weighted by atomic mass is 32.2. The van der Waals surface area contributed by atoms with Crippen molar-refractivity contribution >= 4 is 16.4 Å². The maximum Gasteiger partial charge on any atom is 0.264 e. The Hall–Kier alpha value is -1.40. The zero-order valence-corrected chi connectivity index (χ0v) is 9.31. The van der Waals surface area contributed by atoms with Crippen LogP contribution in [-0.4, -0.2) is 31.6 Å². The van der Waals surface area contributed by atoms with Crippen molar-refractivity contribution in [2.75, 3.05) is 12.4 Å². The van der Waals surface area contributed by atoms with E-state index in [2.05, 4.69) is 0 Å². The fraction of sp³-hybridized carbons (Fsp3) is 0.300. The van der Waals surface area contributed by atoms with Gasteiger partial charge in [0.05, 0.1) is 17.9 Å². The van der Waals surface area contributed by atoms with E-state index in [4.69, 9.17) is 9.29 Å². The Balaban J connectivity index is 2.46. The summed E-state index contributed by atoms with van der Waals surface area (Å²) in [6.07, 6.45) is 0.837. The quantitative estimate of drug-likeness (QED) is 0.461. The fourth-order valence-electron chi connectivity index (χ4n) is 1.13. The molecule has 0 bridgehead atoms. The molecule has 0 saturated carbocycles. The molecule has 0 heterocycles. The highest BCUT2D eigenvalue weighted by Gasteiger charge is 2.05. The molecular formula is C10H12O5S. The topological polar surface area (TPSA) is 80.7 Å². The van der Waals surface area contributed by atoms with Gasteiger partial charge in [-0.15, -0.1) is 0 Å². The molecule has 6 heteroatoms. The predicted octanol–water partition coefficient (Wildman–Crippen LogP) is 1.16. The zero-order valence-electron chi connectivity index (χ0n) is 8.50. The smallest absolute Gasteiger partial charge is 0.264 e. The van der Waals surface area contributed by atoms with Crippen molar-refractivity contribution in [3.8, 4) is 5.75 Å². The lowest BCUT2D eigenvalue weighted by Crippen LogP contribution is -2.09. The third-order valence-electron chi connectivity index (χ3n) is 1.85. The number of ether oxygens (including phenoxy) is 1. The predicted molar refractivity (Wildman–Crippen MR) is 58.4 cm³/mol. The Labute approximate surface area is 93.8 Å². The molecule has 0 aromatic heterocycles. The number of hydrogen-bond acceptors (Lipinski definition) is 4. The first-order valence-corrected chi connectivity index (χ1v) is 6.26. The second-order valence-corrected chi connectivity index (χ2v) is 4.72. The van der Waals surface area contributed by atoms with Gasteiger partial charge in [0.2, 0.25) is 0 Å². The first-order chi connectivity index (χ1) is 7.53. The van der Waals surface area contributed by atoms with E-state index in [1.54, 1.807) is 24.3 Å². The lowest BCUT2D eigenvalue weighted by molar-refractivity contribution is 0.111. The fourth-order valence-corrected chi connectivity index (χ4v) is 1.62. The normalized spacial score (nSPS) is 11.1. The Kier molecular flexibility index (Phi) is 4.45. The van der Waals surface area contributed by atoms with Crippen LogP contribution in [0, 0.1) is 0 Å². The third kappa shape index (κ3) is 4.41. The van der Waals surface area contributed by atoms with Crippen LogP contribution in [0.15, 0.2) is 24.3 Å². The number of carbonyl (C=O) groups excluding carboxylic acids is 1. The molecule has 0 radical (unpaired) electrons. The molecule has 0 aliphatic rings. The minimum Gasteiger partial charge on any atom is -0.493 e. The molecule has 16 heavy (non-hydrogen) atoms. The maximum absolute atomic E-state index is 10.6. The molecule has 88 valence electrons. The van der Waals surface area contributed by atoms with Gasteiger partial charge in [0, 0.05) is 0 Å². The van der Waals surface area contributed by atoms with Crippen LogP contribution in [0.4, 0.5) is 0 Å². The summed E-state index contributed by atoms with van der Waals surface area (Å²) in [5.74, 6) is 0.0591. The number of hydrogen-bond donors (Lipinski definition) is 1. The van der Waals surface area contributed by atoms with Crippen molar-refractivity contribution in [1.82, 2.24) is 0 Å². The molecule has 1 aromatic rings. The van der Waals surface area contributed by atoms with Crippen molar-refractivity contribution in [3.05, 3.63) is 29.8 Å². The second-order valence-electron chi connectivity index (χ2n) is 3.14. The highest BCUT2D eigenvalue weighted by Crippen LogP contribution is 2.15. The molecule has 0 aliphatic carbocycles. The van der Waals surface area contributed by atoms with Crippen molar-refractivity contribution in [2.45, 2.75) is 6.42 Å². The molecule has 0 amide bonds. The van der Waals surface area contributed by atoms with Gasteiger partial charge in [-0.1, -0.05) is 12.1 Å². The minimum absolute atomic E-state index is 0.130. The van der Waals surface area contributed by atoms with Crippen molar-refractivity contribution in [2.24, 2.45) is 0 Å². The summed E-state index contributed by atoms with van der Waals surface area (Å²) in [7, 11) is -3.94. The summed E-state index contributed by atoms with van der Waals surface area (Å²) >= 11 is 0. The van der Waals surface area contributed by atoms with Crippen LogP contribution >= 0.6 is 0 Å². The first kappa shape index (κ1) is 12.7. The van der Waals surface area contributed by atoms with Crippen LogP contribution < -0.4 is 4.74 Å². The molecular weight excluding hydrogens is 232 g/mol. The van der Waals surface area contributed by atoms with E-state index in [9.17, 15) is 13.2 Å². The van der Waals surface area contributed by atoms with Gasteiger partial charge in [-0.05, 0) is 18.6 Å². The van der Waals surface area contributed by atoms with Gasteiger partial charge in [-0.2, -0.15) is 8.42 Å². The van der Waals surface area contributed by atoms with Crippen molar-refractivity contribution in [3.63, 3.8) is 0 Å². The lowest BCUT2D eigenvalue weighted by atomic mass is 10.2. The number of carbonyl (C=O) groups is 1. The maximum atomic E-state index is 10.6. The number of rotatable bonds is 6.